The number of aromatic nitrogens is 4. The monoisotopic (exact) mass is 366 g/mol. The van der Waals surface area contributed by atoms with Gasteiger partial charge in [-0.25, -0.2) is 9.37 Å². The van der Waals surface area contributed by atoms with Crippen LogP contribution in [0.3, 0.4) is 0 Å². The Labute approximate surface area is 157 Å². The number of para-hydroxylation sites is 1. The molecule has 5 rings (SSSR count). The topological polar surface area (TPSA) is 49.6 Å². The van der Waals surface area contributed by atoms with Crippen LogP contribution in [-0.4, -0.2) is 45.8 Å². The number of anilines is 2. The first kappa shape index (κ1) is 16.5. The van der Waals surface area contributed by atoms with E-state index >= 15 is 0 Å². The largest absolute Gasteiger partial charge is 0.366 e. The molecule has 0 radical (unpaired) electrons. The van der Waals surface area contributed by atoms with Crippen molar-refractivity contribution in [2.45, 2.75) is 26.2 Å². The van der Waals surface area contributed by atoms with Crippen molar-refractivity contribution in [3.05, 3.63) is 47.7 Å². The van der Waals surface area contributed by atoms with Gasteiger partial charge in [0.2, 0.25) is 0 Å². The lowest BCUT2D eigenvalue weighted by Crippen LogP contribution is -2.48. The molecule has 0 unspecified atom stereocenters. The molecule has 0 bridgehead atoms. The molecule has 1 saturated heterocycles. The minimum Gasteiger partial charge on any atom is -0.366 e. The number of fused-ring (bicyclic) bond motifs is 2. The molecule has 6 nitrogen and oxygen atoms in total. The lowest BCUT2D eigenvalue weighted by Gasteiger charge is -2.38. The molecule has 7 heteroatoms. The molecule has 1 aliphatic carbocycles. The molecule has 3 aromatic rings. The van der Waals surface area contributed by atoms with E-state index in [2.05, 4.69) is 26.8 Å². The molecule has 27 heavy (non-hydrogen) atoms. The van der Waals surface area contributed by atoms with Gasteiger partial charge < -0.3 is 9.80 Å². The van der Waals surface area contributed by atoms with E-state index < -0.39 is 0 Å². The minimum absolute atomic E-state index is 0.153. The Morgan fingerprint density at radius 1 is 1.07 bits per heavy atom. The fourth-order valence-corrected chi connectivity index (χ4v) is 4.35. The van der Waals surface area contributed by atoms with Crippen LogP contribution < -0.4 is 9.80 Å². The third kappa shape index (κ3) is 2.81. The Morgan fingerprint density at radius 2 is 1.85 bits per heavy atom. The highest BCUT2D eigenvalue weighted by molar-refractivity contribution is 5.57. The van der Waals surface area contributed by atoms with Crippen LogP contribution in [0.2, 0.25) is 0 Å². The molecular formula is C20H23FN6. The predicted octanol–water partition coefficient (Wildman–Crippen LogP) is 2.71. The summed E-state index contributed by atoms with van der Waals surface area (Å²) >= 11 is 0. The number of rotatable bonds is 2. The summed E-state index contributed by atoms with van der Waals surface area (Å²) in [5.41, 5.74) is 3.17. The summed E-state index contributed by atoms with van der Waals surface area (Å²) < 4.78 is 16.0. The van der Waals surface area contributed by atoms with Crippen molar-refractivity contribution in [2.75, 3.05) is 36.0 Å². The highest BCUT2D eigenvalue weighted by atomic mass is 19.1. The maximum absolute atomic E-state index is 14.1. The summed E-state index contributed by atoms with van der Waals surface area (Å²) in [5.74, 6) is 2.31. The highest BCUT2D eigenvalue weighted by Gasteiger charge is 2.28. The van der Waals surface area contributed by atoms with Gasteiger partial charge in [-0.15, -0.1) is 0 Å². The number of hydrogen-bond acceptors (Lipinski definition) is 5. The van der Waals surface area contributed by atoms with E-state index in [1.54, 1.807) is 12.4 Å². The summed E-state index contributed by atoms with van der Waals surface area (Å²) in [6.07, 6.45) is 4.79. The number of benzene rings is 1. The van der Waals surface area contributed by atoms with E-state index in [1.165, 1.54) is 23.7 Å². The van der Waals surface area contributed by atoms with Gasteiger partial charge in [-0.3, -0.25) is 0 Å². The zero-order chi connectivity index (χ0) is 18.4. The normalized spacial score (nSPS) is 20.1. The molecule has 0 N–H and O–H groups in total. The van der Waals surface area contributed by atoms with Gasteiger partial charge in [-0.1, -0.05) is 19.1 Å². The number of halogens is 1. The van der Waals surface area contributed by atoms with Crippen molar-refractivity contribution >= 4 is 17.3 Å². The molecule has 1 fully saturated rings. The molecule has 3 heterocycles. The molecule has 2 aliphatic rings. The second-order valence-corrected chi connectivity index (χ2v) is 7.61. The third-order valence-corrected chi connectivity index (χ3v) is 5.78. The van der Waals surface area contributed by atoms with Crippen LogP contribution in [-0.2, 0) is 12.8 Å². The molecule has 0 saturated carbocycles. The lowest BCUT2D eigenvalue weighted by atomic mass is 9.88. The van der Waals surface area contributed by atoms with E-state index in [0.717, 1.165) is 44.8 Å². The third-order valence-electron chi connectivity index (χ3n) is 5.78. The van der Waals surface area contributed by atoms with Gasteiger partial charge in [0.15, 0.2) is 0 Å². The van der Waals surface area contributed by atoms with Gasteiger partial charge in [-0.05, 0) is 37.3 Å². The van der Waals surface area contributed by atoms with Crippen LogP contribution in [0.5, 0.6) is 0 Å². The predicted molar refractivity (Wildman–Crippen MR) is 103 cm³/mol. The molecule has 1 aromatic carbocycles. The Morgan fingerprint density at radius 3 is 2.67 bits per heavy atom. The van der Waals surface area contributed by atoms with Crippen molar-refractivity contribution in [1.29, 1.82) is 0 Å². The summed E-state index contributed by atoms with van der Waals surface area (Å²) in [7, 11) is 0. The number of hydrogen-bond donors (Lipinski definition) is 0. The van der Waals surface area contributed by atoms with Crippen molar-refractivity contribution in [3.8, 4) is 0 Å². The summed E-state index contributed by atoms with van der Waals surface area (Å²) in [6, 6.07) is 7.02. The zero-order valence-electron chi connectivity index (χ0n) is 15.5. The van der Waals surface area contributed by atoms with Gasteiger partial charge in [0.05, 0.1) is 11.4 Å². The van der Waals surface area contributed by atoms with E-state index in [4.69, 9.17) is 4.98 Å². The molecule has 1 aliphatic heterocycles. The maximum Gasteiger partial charge on any atom is 0.254 e. The van der Waals surface area contributed by atoms with Crippen LogP contribution in [0.4, 0.5) is 15.9 Å². The highest BCUT2D eigenvalue weighted by Crippen LogP contribution is 2.33. The number of piperazine rings is 1. The van der Waals surface area contributed by atoms with Gasteiger partial charge >= 0.3 is 0 Å². The average Bonchev–Trinajstić information content (AvgIpc) is 3.14. The van der Waals surface area contributed by atoms with Crippen LogP contribution in [0.15, 0.2) is 30.6 Å². The molecule has 0 amide bonds. The van der Waals surface area contributed by atoms with Crippen LogP contribution in [0.25, 0.3) is 5.78 Å². The Hall–Kier alpha value is -2.70. The average molecular weight is 366 g/mol. The quantitative estimate of drug-likeness (QED) is 0.698. The minimum atomic E-state index is -0.153. The van der Waals surface area contributed by atoms with E-state index in [9.17, 15) is 4.39 Å². The van der Waals surface area contributed by atoms with Crippen molar-refractivity contribution in [1.82, 2.24) is 19.6 Å². The Kier molecular flexibility index (Phi) is 3.95. The molecular weight excluding hydrogens is 343 g/mol. The summed E-state index contributed by atoms with van der Waals surface area (Å²) in [6.45, 7) is 5.51. The van der Waals surface area contributed by atoms with Gasteiger partial charge in [0.25, 0.3) is 5.78 Å². The maximum atomic E-state index is 14.1. The Bertz CT molecular complexity index is 976. The fourth-order valence-electron chi connectivity index (χ4n) is 4.35. The fraction of sp³-hybridized carbons (Fsp3) is 0.450. The first-order valence-electron chi connectivity index (χ1n) is 9.66. The zero-order valence-corrected chi connectivity index (χ0v) is 15.5. The summed E-state index contributed by atoms with van der Waals surface area (Å²) in [4.78, 5) is 13.6. The van der Waals surface area contributed by atoms with Crippen LogP contribution in [0, 0.1) is 11.7 Å². The van der Waals surface area contributed by atoms with Gasteiger partial charge in [0, 0.05) is 31.7 Å². The first-order chi connectivity index (χ1) is 13.2. The van der Waals surface area contributed by atoms with E-state index in [1.807, 2.05) is 16.6 Å². The molecule has 140 valence electrons. The Balaban J connectivity index is 1.47. The van der Waals surface area contributed by atoms with Crippen molar-refractivity contribution < 1.29 is 4.39 Å². The van der Waals surface area contributed by atoms with Gasteiger partial charge in [0.1, 0.15) is 18.0 Å². The van der Waals surface area contributed by atoms with Crippen LogP contribution >= 0.6 is 0 Å². The standard InChI is InChI=1S/C20H23FN6/c1-14-6-7-15-17(12-14)24-20-22-13-23-27(20)19(15)26-10-8-25(9-11-26)18-5-3-2-4-16(18)21/h2-5,13-14H,6-12H2,1H3/t14-/m1/s1. The van der Waals surface area contributed by atoms with Crippen molar-refractivity contribution in [3.63, 3.8) is 0 Å². The molecule has 2 aromatic heterocycles. The summed E-state index contributed by atoms with van der Waals surface area (Å²) in [5, 5.41) is 4.44. The van der Waals surface area contributed by atoms with Crippen LogP contribution in [0.1, 0.15) is 24.6 Å². The first-order valence-corrected chi connectivity index (χ1v) is 9.66. The SMILES string of the molecule is C[C@@H]1CCc2c(nc3ncnn3c2N2CCN(c3ccccc3F)CC2)C1. The van der Waals surface area contributed by atoms with E-state index in [0.29, 0.717) is 17.4 Å². The lowest BCUT2D eigenvalue weighted by molar-refractivity contribution is 0.488. The molecule has 0 spiro atoms. The smallest absolute Gasteiger partial charge is 0.254 e. The second kappa shape index (κ2) is 6.48. The van der Waals surface area contributed by atoms with Crippen molar-refractivity contribution in [2.24, 2.45) is 5.92 Å². The second-order valence-electron chi connectivity index (χ2n) is 7.61. The number of nitrogens with zero attached hydrogens (tertiary/aromatic N) is 6. The van der Waals surface area contributed by atoms with E-state index in [-0.39, 0.29) is 5.82 Å². The molecule has 1 atom stereocenters. The van der Waals surface area contributed by atoms with Gasteiger partial charge in [-0.2, -0.15) is 14.6 Å².